The summed E-state index contributed by atoms with van der Waals surface area (Å²) in [5.41, 5.74) is 10.4. The molecule has 0 aromatic heterocycles. The molecule has 0 amide bonds. The van der Waals surface area contributed by atoms with Gasteiger partial charge in [0.15, 0.2) is 0 Å². The highest BCUT2D eigenvalue weighted by atomic mass is 16.4. The Hall–Kier alpha value is -0.610. The Morgan fingerprint density at radius 2 is 2.22 bits per heavy atom. The van der Waals surface area contributed by atoms with Crippen LogP contribution in [0.15, 0.2) is 0 Å². The van der Waals surface area contributed by atoms with Crippen molar-refractivity contribution < 1.29 is 9.90 Å². The van der Waals surface area contributed by atoms with Gasteiger partial charge in [-0.05, 0) is 0 Å². The van der Waals surface area contributed by atoms with E-state index >= 15 is 0 Å². The molecule has 0 aliphatic heterocycles. The zero-order valence-electron chi connectivity index (χ0n) is 5.37. The van der Waals surface area contributed by atoms with Crippen LogP contribution in [0, 0.1) is 5.92 Å². The number of aliphatic carboxylic acids is 1. The van der Waals surface area contributed by atoms with Crippen molar-refractivity contribution >= 4 is 5.97 Å². The average molecular weight is 132 g/mol. The van der Waals surface area contributed by atoms with Crippen molar-refractivity contribution in [2.24, 2.45) is 17.4 Å². The molecule has 0 rings (SSSR count). The molecule has 0 aromatic carbocycles. The van der Waals surface area contributed by atoms with E-state index in [9.17, 15) is 4.79 Å². The highest BCUT2D eigenvalue weighted by Gasteiger charge is 2.17. The van der Waals surface area contributed by atoms with Crippen LogP contribution in [0.1, 0.15) is 6.92 Å². The third kappa shape index (κ3) is 2.43. The van der Waals surface area contributed by atoms with Crippen LogP contribution in [-0.4, -0.2) is 23.7 Å². The first-order valence-electron chi connectivity index (χ1n) is 2.78. The summed E-state index contributed by atoms with van der Waals surface area (Å²) in [5, 5.41) is 8.35. The molecule has 4 heteroatoms. The summed E-state index contributed by atoms with van der Waals surface area (Å²) < 4.78 is 0. The van der Waals surface area contributed by atoms with Crippen molar-refractivity contribution in [1.29, 1.82) is 0 Å². The van der Waals surface area contributed by atoms with E-state index in [2.05, 4.69) is 0 Å². The topological polar surface area (TPSA) is 89.3 Å². The van der Waals surface area contributed by atoms with E-state index in [1.165, 1.54) is 0 Å². The third-order valence-electron chi connectivity index (χ3n) is 1.30. The predicted molar refractivity (Wildman–Crippen MR) is 33.8 cm³/mol. The fourth-order valence-corrected chi connectivity index (χ4v) is 0.387. The third-order valence-corrected chi connectivity index (χ3v) is 1.30. The van der Waals surface area contributed by atoms with Gasteiger partial charge in [0.2, 0.25) is 0 Å². The summed E-state index contributed by atoms with van der Waals surface area (Å²) in [7, 11) is 0. The van der Waals surface area contributed by atoms with Crippen molar-refractivity contribution in [3.8, 4) is 0 Å². The van der Waals surface area contributed by atoms with Crippen LogP contribution in [0.2, 0.25) is 0 Å². The zero-order chi connectivity index (χ0) is 7.44. The van der Waals surface area contributed by atoms with E-state index in [0.29, 0.717) is 0 Å². The van der Waals surface area contributed by atoms with Gasteiger partial charge in [-0.2, -0.15) is 0 Å². The molecular weight excluding hydrogens is 120 g/mol. The minimum absolute atomic E-state index is 0.216. The minimum atomic E-state index is -0.895. The van der Waals surface area contributed by atoms with Crippen molar-refractivity contribution in [3.05, 3.63) is 0 Å². The van der Waals surface area contributed by atoms with Crippen LogP contribution >= 0.6 is 0 Å². The van der Waals surface area contributed by atoms with Crippen LogP contribution < -0.4 is 11.5 Å². The Morgan fingerprint density at radius 1 is 1.78 bits per heavy atom. The Labute approximate surface area is 53.8 Å². The fourth-order valence-electron chi connectivity index (χ4n) is 0.387. The summed E-state index contributed by atoms with van der Waals surface area (Å²) in [6.07, 6.45) is 0. The maximum Gasteiger partial charge on any atom is 0.307 e. The zero-order valence-corrected chi connectivity index (χ0v) is 5.37. The normalized spacial score (nSPS) is 16.8. The smallest absolute Gasteiger partial charge is 0.307 e. The standard InChI is InChI=1S/C5H12N2O2/c1-3(5(8)9)4(7)2-6/h3-4H,2,6-7H2,1H3,(H,8,9). The van der Waals surface area contributed by atoms with E-state index in [4.69, 9.17) is 16.6 Å². The molecule has 0 bridgehead atoms. The fraction of sp³-hybridized carbons (Fsp3) is 0.800. The van der Waals surface area contributed by atoms with Gasteiger partial charge in [0, 0.05) is 12.6 Å². The molecule has 0 radical (unpaired) electrons. The molecule has 0 aliphatic rings. The van der Waals surface area contributed by atoms with Crippen LogP contribution in [0.25, 0.3) is 0 Å². The monoisotopic (exact) mass is 132 g/mol. The van der Waals surface area contributed by atoms with Gasteiger partial charge in [0.25, 0.3) is 0 Å². The van der Waals surface area contributed by atoms with Crippen molar-refractivity contribution in [2.45, 2.75) is 13.0 Å². The van der Waals surface area contributed by atoms with E-state index < -0.39 is 17.9 Å². The van der Waals surface area contributed by atoms with Crippen molar-refractivity contribution in [2.75, 3.05) is 6.54 Å². The molecule has 0 aromatic rings. The van der Waals surface area contributed by atoms with E-state index in [1.54, 1.807) is 6.92 Å². The first kappa shape index (κ1) is 8.39. The number of carboxylic acid groups (broad SMARTS) is 1. The van der Waals surface area contributed by atoms with E-state index in [0.717, 1.165) is 0 Å². The molecule has 0 heterocycles. The average Bonchev–Trinajstić information content (AvgIpc) is 1.84. The largest absolute Gasteiger partial charge is 0.481 e. The number of hydrogen-bond donors (Lipinski definition) is 3. The van der Waals surface area contributed by atoms with Gasteiger partial charge >= 0.3 is 5.97 Å². The first-order valence-corrected chi connectivity index (χ1v) is 2.78. The number of nitrogens with two attached hydrogens (primary N) is 2. The van der Waals surface area contributed by atoms with Gasteiger partial charge in [-0.3, -0.25) is 4.79 Å². The lowest BCUT2D eigenvalue weighted by Crippen LogP contribution is -2.39. The number of carbonyl (C=O) groups is 1. The van der Waals surface area contributed by atoms with Gasteiger partial charge in [0.1, 0.15) is 0 Å². The number of hydrogen-bond acceptors (Lipinski definition) is 3. The Bertz CT molecular complexity index is 105. The second-order valence-electron chi connectivity index (χ2n) is 2.03. The second-order valence-corrected chi connectivity index (χ2v) is 2.03. The van der Waals surface area contributed by atoms with E-state index in [1.807, 2.05) is 0 Å². The molecule has 4 nitrogen and oxygen atoms in total. The van der Waals surface area contributed by atoms with Crippen LogP contribution in [0.5, 0.6) is 0 Å². The van der Waals surface area contributed by atoms with Gasteiger partial charge in [-0.15, -0.1) is 0 Å². The van der Waals surface area contributed by atoms with Crippen molar-refractivity contribution in [1.82, 2.24) is 0 Å². The summed E-state index contributed by atoms with van der Waals surface area (Å²) in [6, 6.07) is -0.428. The second kappa shape index (κ2) is 3.42. The number of rotatable bonds is 3. The lowest BCUT2D eigenvalue weighted by atomic mass is 10.0. The number of carboxylic acids is 1. The van der Waals surface area contributed by atoms with E-state index in [-0.39, 0.29) is 6.54 Å². The molecular formula is C5H12N2O2. The van der Waals surface area contributed by atoms with Crippen LogP contribution in [0.4, 0.5) is 0 Å². The minimum Gasteiger partial charge on any atom is -0.481 e. The Balaban J connectivity index is 3.72. The predicted octanol–water partition coefficient (Wildman–Crippen LogP) is -1.01. The quantitative estimate of drug-likeness (QED) is 0.459. The van der Waals surface area contributed by atoms with Crippen molar-refractivity contribution in [3.63, 3.8) is 0 Å². The summed E-state index contributed by atoms with van der Waals surface area (Å²) in [6.45, 7) is 1.76. The summed E-state index contributed by atoms with van der Waals surface area (Å²) in [5.74, 6) is -1.44. The molecule has 0 saturated carbocycles. The molecule has 0 saturated heterocycles. The molecule has 0 fully saturated rings. The first-order chi connectivity index (χ1) is 4.09. The lowest BCUT2D eigenvalue weighted by Gasteiger charge is -2.12. The molecule has 5 N–H and O–H groups in total. The molecule has 2 atom stereocenters. The Morgan fingerprint density at radius 3 is 2.33 bits per heavy atom. The van der Waals surface area contributed by atoms with Crippen LogP contribution in [0.3, 0.4) is 0 Å². The van der Waals surface area contributed by atoms with Crippen LogP contribution in [-0.2, 0) is 4.79 Å². The van der Waals surface area contributed by atoms with Gasteiger partial charge in [-0.1, -0.05) is 6.92 Å². The summed E-state index contributed by atoms with van der Waals surface area (Å²) >= 11 is 0. The highest BCUT2D eigenvalue weighted by Crippen LogP contribution is 1.97. The highest BCUT2D eigenvalue weighted by molar-refractivity contribution is 5.70. The van der Waals surface area contributed by atoms with Gasteiger partial charge in [0.05, 0.1) is 5.92 Å². The van der Waals surface area contributed by atoms with Gasteiger partial charge < -0.3 is 16.6 Å². The molecule has 9 heavy (non-hydrogen) atoms. The van der Waals surface area contributed by atoms with Gasteiger partial charge in [-0.25, -0.2) is 0 Å². The SMILES string of the molecule is CC(C(=O)O)C(N)CN. The lowest BCUT2D eigenvalue weighted by molar-refractivity contribution is -0.141. The molecule has 54 valence electrons. The maximum atomic E-state index is 10.2. The molecule has 2 unspecified atom stereocenters. The maximum absolute atomic E-state index is 10.2. The molecule has 0 aliphatic carbocycles. The summed E-state index contributed by atoms with van der Waals surface area (Å²) in [4.78, 5) is 10.2. The molecule has 0 spiro atoms. The Kier molecular flexibility index (Phi) is 3.19.